The van der Waals surface area contributed by atoms with Crippen LogP contribution in [0, 0.1) is 0 Å². The second-order valence-corrected chi connectivity index (χ2v) is 5.96. The zero-order valence-electron chi connectivity index (χ0n) is 11.5. The van der Waals surface area contributed by atoms with Gasteiger partial charge >= 0.3 is 6.09 Å². The minimum atomic E-state index is -0.482. The molecule has 0 aliphatic heterocycles. The largest absolute Gasteiger partial charge is 0.443 e. The van der Waals surface area contributed by atoms with Crippen LogP contribution in [0.15, 0.2) is 12.5 Å². The Balaban J connectivity index is 2.00. The average Bonchev–Trinajstić information content (AvgIpc) is 2.85. The van der Waals surface area contributed by atoms with Crippen LogP contribution in [0.25, 0.3) is 0 Å². The Morgan fingerprint density at radius 2 is 2.22 bits per heavy atom. The lowest BCUT2D eigenvalue weighted by Gasteiger charge is -2.19. The third-order valence-corrected chi connectivity index (χ3v) is 3.14. The van der Waals surface area contributed by atoms with Gasteiger partial charge < -0.3 is 10.1 Å². The molecule has 0 unspecified atom stereocenters. The highest BCUT2D eigenvalue weighted by molar-refractivity contribution is 5.70. The summed E-state index contributed by atoms with van der Waals surface area (Å²) in [6, 6.07) is 0. The zero-order valence-corrected chi connectivity index (χ0v) is 11.5. The fraction of sp³-hybridized carbons (Fsp3) is 0.692. The van der Waals surface area contributed by atoms with Gasteiger partial charge in [0.1, 0.15) is 11.9 Å². The van der Waals surface area contributed by atoms with Crippen molar-refractivity contribution >= 4 is 6.09 Å². The zero-order chi connectivity index (χ0) is 13.4. The first kappa shape index (κ1) is 13.1. The average molecular weight is 251 g/mol. The Morgan fingerprint density at radius 3 is 2.72 bits per heavy atom. The summed E-state index contributed by atoms with van der Waals surface area (Å²) < 4.78 is 6.69. The monoisotopic (exact) mass is 251 g/mol. The minimum Gasteiger partial charge on any atom is -0.443 e. The van der Waals surface area contributed by atoms with Crippen molar-refractivity contribution in [3.8, 4) is 0 Å². The maximum atomic E-state index is 11.8. The van der Waals surface area contributed by atoms with Crippen molar-refractivity contribution < 1.29 is 9.53 Å². The predicted molar refractivity (Wildman–Crippen MR) is 68.6 cm³/mol. The highest BCUT2D eigenvalue weighted by Gasteiger charge is 2.41. The Morgan fingerprint density at radius 1 is 1.56 bits per heavy atom. The number of hydrogen-bond acceptors (Lipinski definition) is 4. The summed E-state index contributed by atoms with van der Waals surface area (Å²) in [5.41, 5.74) is 0.643. The topological polar surface area (TPSA) is 56.2 Å². The lowest BCUT2D eigenvalue weighted by atomic mass is 10.1. The molecule has 5 heteroatoms. The number of nitrogens with one attached hydrogen (secondary N) is 1. The number of carbonyl (C=O) groups excluding carboxylic acids is 1. The molecule has 0 amide bonds. The van der Waals surface area contributed by atoms with Gasteiger partial charge in [-0.1, -0.05) is 0 Å². The van der Waals surface area contributed by atoms with E-state index in [2.05, 4.69) is 10.3 Å². The van der Waals surface area contributed by atoms with Gasteiger partial charge in [-0.05, 0) is 40.7 Å². The molecule has 1 aromatic heterocycles. The van der Waals surface area contributed by atoms with Gasteiger partial charge in [-0.3, -0.25) is 0 Å². The van der Waals surface area contributed by atoms with Crippen molar-refractivity contribution in [2.75, 3.05) is 7.05 Å². The third kappa shape index (κ3) is 3.10. The Hall–Kier alpha value is -1.36. The van der Waals surface area contributed by atoms with Gasteiger partial charge in [-0.2, -0.15) is 0 Å². The van der Waals surface area contributed by atoms with Gasteiger partial charge in [0.2, 0.25) is 0 Å². The summed E-state index contributed by atoms with van der Waals surface area (Å²) >= 11 is 0. The second kappa shape index (κ2) is 4.39. The molecule has 0 saturated heterocycles. The maximum absolute atomic E-state index is 11.8. The van der Waals surface area contributed by atoms with Crippen LogP contribution in [0.3, 0.4) is 0 Å². The van der Waals surface area contributed by atoms with E-state index in [0.29, 0.717) is 0 Å². The highest BCUT2D eigenvalue weighted by Crippen LogP contribution is 2.37. The molecule has 18 heavy (non-hydrogen) atoms. The molecule has 0 radical (unpaired) electrons. The minimum absolute atomic E-state index is 0.202. The van der Waals surface area contributed by atoms with Crippen molar-refractivity contribution in [3.05, 3.63) is 18.2 Å². The molecule has 1 heterocycles. The second-order valence-electron chi connectivity index (χ2n) is 5.96. The standard InChI is InChI=1S/C13H21N3O2/c1-12(2,3)18-11(17)16-8-10(15-9-16)7-13(14-4)5-6-13/h8-9,14H,5-7H2,1-4H3. The first-order valence-corrected chi connectivity index (χ1v) is 6.29. The van der Waals surface area contributed by atoms with Crippen LogP contribution in [-0.2, 0) is 11.2 Å². The summed E-state index contributed by atoms with van der Waals surface area (Å²) in [7, 11) is 1.97. The van der Waals surface area contributed by atoms with Crippen LogP contribution in [0.2, 0.25) is 0 Å². The predicted octanol–water partition coefficient (Wildman–Crippen LogP) is 1.96. The molecule has 1 aliphatic carbocycles. The summed E-state index contributed by atoms with van der Waals surface area (Å²) in [6.45, 7) is 5.55. The lowest BCUT2D eigenvalue weighted by Crippen LogP contribution is -2.29. The quantitative estimate of drug-likeness (QED) is 0.892. The third-order valence-electron chi connectivity index (χ3n) is 3.14. The number of aromatic nitrogens is 2. The van der Waals surface area contributed by atoms with E-state index >= 15 is 0 Å². The molecule has 0 aromatic carbocycles. The number of carbonyl (C=O) groups is 1. The number of likely N-dealkylation sites (N-methyl/N-ethyl adjacent to an activating group) is 1. The molecule has 1 N–H and O–H groups in total. The van der Waals surface area contributed by atoms with Crippen molar-refractivity contribution in [2.24, 2.45) is 0 Å². The molecule has 0 atom stereocenters. The summed E-state index contributed by atoms with van der Waals surface area (Å²) in [5.74, 6) is 0. The fourth-order valence-corrected chi connectivity index (χ4v) is 1.88. The van der Waals surface area contributed by atoms with Gasteiger partial charge in [0, 0.05) is 18.2 Å². The SMILES string of the molecule is CNC1(Cc2cn(C(=O)OC(C)(C)C)cn2)CC1. The van der Waals surface area contributed by atoms with Gasteiger partial charge in [0.05, 0.1) is 5.69 Å². The van der Waals surface area contributed by atoms with Crippen LogP contribution in [0.5, 0.6) is 0 Å². The Labute approximate surface area is 108 Å². The molecule has 0 spiro atoms. The summed E-state index contributed by atoms with van der Waals surface area (Å²) in [5, 5.41) is 3.31. The molecule has 2 rings (SSSR count). The van der Waals surface area contributed by atoms with E-state index in [0.717, 1.165) is 12.1 Å². The molecule has 0 bridgehead atoms. The molecule has 1 saturated carbocycles. The first-order valence-electron chi connectivity index (χ1n) is 6.29. The van der Waals surface area contributed by atoms with E-state index in [4.69, 9.17) is 4.74 Å². The number of ether oxygens (including phenoxy) is 1. The van der Waals surface area contributed by atoms with Gasteiger partial charge in [0.25, 0.3) is 0 Å². The van der Waals surface area contributed by atoms with E-state index in [1.165, 1.54) is 23.7 Å². The number of imidazole rings is 1. The fourth-order valence-electron chi connectivity index (χ4n) is 1.88. The van der Waals surface area contributed by atoms with Crippen molar-refractivity contribution in [1.82, 2.24) is 14.9 Å². The molecule has 5 nitrogen and oxygen atoms in total. The molecular formula is C13H21N3O2. The molecular weight excluding hydrogens is 230 g/mol. The summed E-state index contributed by atoms with van der Waals surface area (Å²) in [4.78, 5) is 16.1. The summed E-state index contributed by atoms with van der Waals surface area (Å²) in [6.07, 6.45) is 6.10. The van der Waals surface area contributed by atoms with Crippen molar-refractivity contribution in [3.63, 3.8) is 0 Å². The maximum Gasteiger partial charge on any atom is 0.419 e. The molecule has 1 aliphatic rings. The molecule has 1 fully saturated rings. The number of nitrogens with zero attached hydrogens (tertiary/aromatic N) is 2. The Bertz CT molecular complexity index is 441. The van der Waals surface area contributed by atoms with E-state index in [-0.39, 0.29) is 11.6 Å². The number of rotatable bonds is 3. The molecule has 1 aromatic rings. The smallest absolute Gasteiger partial charge is 0.419 e. The van der Waals surface area contributed by atoms with Crippen LogP contribution >= 0.6 is 0 Å². The van der Waals surface area contributed by atoms with E-state index < -0.39 is 5.60 Å². The van der Waals surface area contributed by atoms with Crippen molar-refractivity contribution in [1.29, 1.82) is 0 Å². The van der Waals surface area contributed by atoms with E-state index in [1.807, 2.05) is 27.8 Å². The van der Waals surface area contributed by atoms with E-state index in [1.54, 1.807) is 6.20 Å². The first-order chi connectivity index (χ1) is 8.34. The van der Waals surface area contributed by atoms with Crippen LogP contribution in [0.1, 0.15) is 39.3 Å². The van der Waals surface area contributed by atoms with E-state index in [9.17, 15) is 4.79 Å². The van der Waals surface area contributed by atoms with Crippen molar-refractivity contribution in [2.45, 2.75) is 51.2 Å². The molecule has 100 valence electrons. The normalized spacial score (nSPS) is 17.6. The Kier molecular flexibility index (Phi) is 3.19. The highest BCUT2D eigenvalue weighted by atomic mass is 16.6. The van der Waals surface area contributed by atoms with Crippen LogP contribution < -0.4 is 5.32 Å². The lowest BCUT2D eigenvalue weighted by molar-refractivity contribution is 0.0536. The number of hydrogen-bond donors (Lipinski definition) is 1. The van der Waals surface area contributed by atoms with Crippen LogP contribution in [0.4, 0.5) is 4.79 Å². The van der Waals surface area contributed by atoms with Crippen LogP contribution in [-0.4, -0.2) is 33.8 Å². The van der Waals surface area contributed by atoms with Gasteiger partial charge in [-0.25, -0.2) is 14.3 Å². The van der Waals surface area contributed by atoms with Gasteiger partial charge in [0.15, 0.2) is 0 Å². The van der Waals surface area contributed by atoms with Gasteiger partial charge in [-0.15, -0.1) is 0 Å².